The van der Waals surface area contributed by atoms with Crippen LogP contribution in [0.15, 0.2) is 54.6 Å². The summed E-state index contributed by atoms with van der Waals surface area (Å²) < 4.78 is 0. The third-order valence-electron chi connectivity index (χ3n) is 5.29. The van der Waals surface area contributed by atoms with Gasteiger partial charge in [0, 0.05) is 37.4 Å². The van der Waals surface area contributed by atoms with Crippen LogP contribution < -0.4 is 4.90 Å². The lowest BCUT2D eigenvalue weighted by atomic mass is 9.99. The van der Waals surface area contributed by atoms with Crippen molar-refractivity contribution in [1.82, 2.24) is 4.90 Å². The zero-order chi connectivity index (χ0) is 19.4. The van der Waals surface area contributed by atoms with Crippen molar-refractivity contribution < 1.29 is 14.7 Å². The molecule has 2 aromatic carbocycles. The number of carboxylic acids is 1. The molecule has 2 atom stereocenters. The van der Waals surface area contributed by atoms with Crippen LogP contribution in [0, 0.1) is 11.8 Å². The maximum atomic E-state index is 12.7. The normalized spacial score (nSPS) is 19.1. The van der Waals surface area contributed by atoms with E-state index in [1.54, 1.807) is 4.90 Å². The molecule has 1 amide bonds. The molecule has 1 heterocycles. The summed E-state index contributed by atoms with van der Waals surface area (Å²) in [5.74, 6) is -1.42. The van der Waals surface area contributed by atoms with Gasteiger partial charge < -0.3 is 14.9 Å². The van der Waals surface area contributed by atoms with Gasteiger partial charge >= 0.3 is 5.97 Å². The molecule has 1 aliphatic rings. The highest BCUT2D eigenvalue weighted by Crippen LogP contribution is 2.25. The molecule has 0 bridgehead atoms. The van der Waals surface area contributed by atoms with Gasteiger partial charge in [0.15, 0.2) is 0 Å². The lowest BCUT2D eigenvalue weighted by molar-refractivity contribution is -0.142. The van der Waals surface area contributed by atoms with Crippen LogP contribution in [0.3, 0.4) is 0 Å². The van der Waals surface area contributed by atoms with Gasteiger partial charge in [-0.05, 0) is 42.7 Å². The van der Waals surface area contributed by atoms with Gasteiger partial charge in [-0.2, -0.15) is 0 Å². The molecule has 0 spiro atoms. The SMILES string of the molecule is CCN(Cc1ccccc1)c1ccc(C(=O)N2C[C@@H](C)[C@H](C(=O)O)C2)cc1. The number of benzene rings is 2. The van der Waals surface area contributed by atoms with Crippen molar-refractivity contribution in [2.45, 2.75) is 20.4 Å². The van der Waals surface area contributed by atoms with Crippen molar-refractivity contribution in [3.05, 3.63) is 65.7 Å². The van der Waals surface area contributed by atoms with Crippen LogP contribution in [0.5, 0.6) is 0 Å². The summed E-state index contributed by atoms with van der Waals surface area (Å²) in [7, 11) is 0. The average molecular weight is 366 g/mol. The fraction of sp³-hybridized carbons (Fsp3) is 0.364. The van der Waals surface area contributed by atoms with Crippen molar-refractivity contribution in [3.8, 4) is 0 Å². The van der Waals surface area contributed by atoms with E-state index >= 15 is 0 Å². The molecule has 0 aromatic heterocycles. The van der Waals surface area contributed by atoms with E-state index in [1.165, 1.54) is 5.56 Å². The Hall–Kier alpha value is -2.82. The Morgan fingerprint density at radius 1 is 1.07 bits per heavy atom. The molecule has 3 rings (SSSR count). The summed E-state index contributed by atoms with van der Waals surface area (Å²) in [5, 5.41) is 9.26. The number of hydrogen-bond donors (Lipinski definition) is 1. The number of rotatable bonds is 6. The minimum atomic E-state index is -0.826. The molecule has 1 saturated heterocycles. The van der Waals surface area contributed by atoms with Gasteiger partial charge in [-0.3, -0.25) is 9.59 Å². The van der Waals surface area contributed by atoms with Crippen molar-refractivity contribution in [2.75, 3.05) is 24.5 Å². The van der Waals surface area contributed by atoms with Crippen molar-refractivity contribution in [1.29, 1.82) is 0 Å². The fourth-order valence-electron chi connectivity index (χ4n) is 3.64. The summed E-state index contributed by atoms with van der Waals surface area (Å²) in [6.07, 6.45) is 0. The van der Waals surface area contributed by atoms with Gasteiger partial charge in [0.25, 0.3) is 5.91 Å². The van der Waals surface area contributed by atoms with E-state index in [4.69, 9.17) is 0 Å². The number of anilines is 1. The number of carbonyl (C=O) groups is 2. The minimum absolute atomic E-state index is 0.0211. The van der Waals surface area contributed by atoms with Gasteiger partial charge in [-0.1, -0.05) is 37.3 Å². The predicted molar refractivity (Wildman–Crippen MR) is 106 cm³/mol. The van der Waals surface area contributed by atoms with E-state index in [9.17, 15) is 14.7 Å². The van der Waals surface area contributed by atoms with Gasteiger partial charge in [0.1, 0.15) is 0 Å². The number of carbonyl (C=O) groups excluding carboxylic acids is 1. The number of nitrogens with zero attached hydrogens (tertiary/aromatic N) is 2. The highest BCUT2D eigenvalue weighted by atomic mass is 16.4. The van der Waals surface area contributed by atoms with Crippen molar-refractivity contribution in [2.24, 2.45) is 11.8 Å². The van der Waals surface area contributed by atoms with Crippen LogP contribution in [0.1, 0.15) is 29.8 Å². The Bertz CT molecular complexity index is 789. The first kappa shape index (κ1) is 19.0. The second kappa shape index (κ2) is 8.25. The van der Waals surface area contributed by atoms with Gasteiger partial charge in [0.2, 0.25) is 0 Å². The number of amides is 1. The number of hydrogen-bond acceptors (Lipinski definition) is 3. The smallest absolute Gasteiger partial charge is 0.308 e. The molecule has 142 valence electrons. The standard InChI is InChI=1S/C22H26N2O3/c1-3-23(14-17-7-5-4-6-8-17)19-11-9-18(10-12-19)21(25)24-13-16(2)20(15-24)22(26)27/h4-12,16,20H,3,13-15H2,1-2H3,(H,26,27)/t16-,20-/m1/s1. The van der Waals surface area contributed by atoms with Crippen LogP contribution >= 0.6 is 0 Å². The van der Waals surface area contributed by atoms with Crippen LogP contribution in [-0.2, 0) is 11.3 Å². The molecular formula is C22H26N2O3. The summed E-state index contributed by atoms with van der Waals surface area (Å²) in [6, 6.07) is 17.9. The Morgan fingerprint density at radius 2 is 1.74 bits per heavy atom. The average Bonchev–Trinajstić information content (AvgIpc) is 3.08. The van der Waals surface area contributed by atoms with E-state index in [2.05, 4.69) is 24.0 Å². The molecule has 0 saturated carbocycles. The quantitative estimate of drug-likeness (QED) is 0.850. The minimum Gasteiger partial charge on any atom is -0.481 e. The lowest BCUT2D eigenvalue weighted by Crippen LogP contribution is -2.30. The predicted octanol–water partition coefficient (Wildman–Crippen LogP) is 3.51. The molecule has 2 aromatic rings. The molecule has 1 aliphatic heterocycles. The number of likely N-dealkylation sites (tertiary alicyclic amines) is 1. The van der Waals surface area contributed by atoms with Crippen molar-refractivity contribution >= 4 is 17.6 Å². The largest absolute Gasteiger partial charge is 0.481 e. The first-order valence-electron chi connectivity index (χ1n) is 9.40. The second-order valence-corrected chi connectivity index (χ2v) is 7.18. The molecule has 1 N–H and O–H groups in total. The highest BCUT2D eigenvalue weighted by molar-refractivity contribution is 5.95. The molecule has 5 nitrogen and oxygen atoms in total. The van der Waals surface area contributed by atoms with Gasteiger partial charge in [-0.25, -0.2) is 0 Å². The maximum absolute atomic E-state index is 12.7. The molecule has 27 heavy (non-hydrogen) atoms. The first-order valence-corrected chi connectivity index (χ1v) is 9.40. The number of aliphatic carboxylic acids is 1. The van der Waals surface area contributed by atoms with E-state index in [0.717, 1.165) is 18.8 Å². The van der Waals surface area contributed by atoms with Crippen LogP contribution in [0.25, 0.3) is 0 Å². The Labute approximate surface area is 160 Å². The summed E-state index contributed by atoms with van der Waals surface area (Å²) in [4.78, 5) is 27.9. The molecule has 0 unspecified atom stereocenters. The second-order valence-electron chi connectivity index (χ2n) is 7.18. The molecule has 5 heteroatoms. The van der Waals surface area contributed by atoms with E-state index in [-0.39, 0.29) is 18.4 Å². The Morgan fingerprint density at radius 3 is 2.30 bits per heavy atom. The van der Waals surface area contributed by atoms with E-state index < -0.39 is 11.9 Å². The van der Waals surface area contributed by atoms with Gasteiger partial charge in [0.05, 0.1) is 5.92 Å². The zero-order valence-corrected chi connectivity index (χ0v) is 15.8. The molecule has 0 aliphatic carbocycles. The molecule has 1 fully saturated rings. The summed E-state index contributed by atoms with van der Waals surface area (Å²) in [6.45, 7) is 6.46. The molecular weight excluding hydrogens is 340 g/mol. The Kier molecular flexibility index (Phi) is 5.79. The van der Waals surface area contributed by atoms with Gasteiger partial charge in [-0.15, -0.1) is 0 Å². The lowest BCUT2D eigenvalue weighted by Gasteiger charge is -2.24. The van der Waals surface area contributed by atoms with E-state index in [1.807, 2.05) is 49.4 Å². The summed E-state index contributed by atoms with van der Waals surface area (Å²) >= 11 is 0. The topological polar surface area (TPSA) is 60.9 Å². The van der Waals surface area contributed by atoms with Crippen LogP contribution in [0.2, 0.25) is 0 Å². The molecule has 0 radical (unpaired) electrons. The number of carboxylic acid groups (broad SMARTS) is 1. The Balaban J connectivity index is 1.69. The fourth-order valence-corrected chi connectivity index (χ4v) is 3.64. The van der Waals surface area contributed by atoms with Crippen molar-refractivity contribution in [3.63, 3.8) is 0 Å². The van der Waals surface area contributed by atoms with E-state index in [0.29, 0.717) is 12.1 Å². The monoisotopic (exact) mass is 366 g/mol. The third kappa shape index (κ3) is 4.30. The maximum Gasteiger partial charge on any atom is 0.308 e. The summed E-state index contributed by atoms with van der Waals surface area (Å²) in [5.41, 5.74) is 2.91. The zero-order valence-electron chi connectivity index (χ0n) is 15.8. The van der Waals surface area contributed by atoms with Crippen LogP contribution in [0.4, 0.5) is 5.69 Å². The highest BCUT2D eigenvalue weighted by Gasteiger charge is 2.37. The first-order chi connectivity index (χ1) is 13.0. The van der Waals surface area contributed by atoms with Crippen LogP contribution in [-0.4, -0.2) is 41.5 Å². The third-order valence-corrected chi connectivity index (χ3v) is 5.29.